The molecule has 36 heavy (non-hydrogen) atoms. The van der Waals surface area contributed by atoms with Crippen LogP contribution < -0.4 is 15.0 Å². The summed E-state index contributed by atoms with van der Waals surface area (Å²) in [4.78, 5) is 27.0. The number of ether oxygens (including phenoxy) is 1. The van der Waals surface area contributed by atoms with Crippen molar-refractivity contribution in [3.8, 4) is 5.75 Å². The van der Waals surface area contributed by atoms with Gasteiger partial charge in [0.25, 0.3) is 11.8 Å². The summed E-state index contributed by atoms with van der Waals surface area (Å²) in [6, 6.07) is 23.8. The second-order valence-electron chi connectivity index (χ2n) is 8.11. The fraction of sp³-hybridized carbons (Fsp3) is 0.111. The van der Waals surface area contributed by atoms with Crippen molar-refractivity contribution in [3.63, 3.8) is 0 Å². The van der Waals surface area contributed by atoms with E-state index in [9.17, 15) is 9.59 Å². The van der Waals surface area contributed by atoms with E-state index in [2.05, 4.69) is 15.6 Å². The molecule has 0 aliphatic rings. The van der Waals surface area contributed by atoms with Crippen LogP contribution in [0.15, 0.2) is 89.6 Å². The van der Waals surface area contributed by atoms with E-state index in [4.69, 9.17) is 9.26 Å². The first kappa shape index (κ1) is 22.9. The molecule has 0 unspecified atom stereocenters. The predicted molar refractivity (Wildman–Crippen MR) is 135 cm³/mol. The zero-order valence-corrected chi connectivity index (χ0v) is 19.7. The molecule has 0 saturated carbocycles. The van der Waals surface area contributed by atoms with E-state index in [0.29, 0.717) is 17.9 Å². The first-order valence-corrected chi connectivity index (χ1v) is 11.2. The van der Waals surface area contributed by atoms with E-state index in [1.165, 1.54) is 12.3 Å². The van der Waals surface area contributed by atoms with Crippen LogP contribution in [0, 0.1) is 0 Å². The molecule has 0 fully saturated rings. The van der Waals surface area contributed by atoms with E-state index < -0.39 is 5.91 Å². The van der Waals surface area contributed by atoms with E-state index in [0.717, 1.165) is 27.9 Å². The Labute approximate surface area is 206 Å². The van der Waals surface area contributed by atoms with Gasteiger partial charge < -0.3 is 19.5 Å². The lowest BCUT2D eigenvalue weighted by Crippen LogP contribution is -2.26. The number of nitrogens with zero attached hydrogens (tertiary/aromatic N) is 4. The number of anilines is 2. The number of amides is 2. The number of hydrogen-bond acceptors (Lipinski definition) is 6. The summed E-state index contributed by atoms with van der Waals surface area (Å²) in [5, 5.41) is 11.8. The molecule has 0 bridgehead atoms. The summed E-state index contributed by atoms with van der Waals surface area (Å²) < 4.78 is 11.9. The minimum absolute atomic E-state index is 0.105. The van der Waals surface area contributed by atoms with Gasteiger partial charge >= 0.3 is 0 Å². The minimum Gasteiger partial charge on any atom is -0.497 e. The first-order chi connectivity index (χ1) is 17.5. The van der Waals surface area contributed by atoms with Crippen molar-refractivity contribution in [3.05, 3.63) is 102 Å². The van der Waals surface area contributed by atoms with Crippen LogP contribution in [0.25, 0.3) is 10.9 Å². The molecule has 5 rings (SSSR count). The lowest BCUT2D eigenvalue weighted by Gasteiger charge is -2.18. The van der Waals surface area contributed by atoms with E-state index in [-0.39, 0.29) is 11.7 Å². The predicted octanol–water partition coefficient (Wildman–Crippen LogP) is 4.61. The average Bonchev–Trinajstić information content (AvgIpc) is 3.58. The van der Waals surface area contributed by atoms with Crippen molar-refractivity contribution in [2.45, 2.75) is 6.54 Å². The van der Waals surface area contributed by atoms with Crippen molar-refractivity contribution < 1.29 is 18.8 Å². The fourth-order valence-electron chi connectivity index (χ4n) is 3.88. The highest BCUT2D eigenvalue weighted by Crippen LogP contribution is 2.25. The number of nitrogens with one attached hydrogen (secondary N) is 1. The van der Waals surface area contributed by atoms with Crippen LogP contribution in [0.4, 0.5) is 11.5 Å². The molecular formula is C27H23N5O4. The number of carbonyl (C=O) groups excluding carboxylic acids is 2. The maximum absolute atomic E-state index is 13.0. The number of benzene rings is 3. The molecule has 180 valence electrons. The molecule has 0 aliphatic heterocycles. The van der Waals surface area contributed by atoms with Gasteiger partial charge in [0.05, 0.1) is 25.4 Å². The van der Waals surface area contributed by atoms with E-state index in [1.54, 1.807) is 31.2 Å². The SMILES string of the molecule is COc1ccc(N(C)C(=O)c2ccc(Cn3nc(NC(=O)c4ccno4)c4ccccc43)cc2)cc1. The molecule has 2 heterocycles. The normalized spacial score (nSPS) is 10.8. The second-order valence-corrected chi connectivity index (χ2v) is 8.11. The van der Waals surface area contributed by atoms with Crippen molar-refractivity contribution in [1.29, 1.82) is 0 Å². The van der Waals surface area contributed by atoms with Crippen LogP contribution in [-0.2, 0) is 6.54 Å². The molecule has 9 nitrogen and oxygen atoms in total. The lowest BCUT2D eigenvalue weighted by molar-refractivity contribution is 0.0982. The average molecular weight is 482 g/mol. The fourth-order valence-corrected chi connectivity index (χ4v) is 3.88. The number of carbonyl (C=O) groups is 2. The molecule has 2 aromatic heterocycles. The van der Waals surface area contributed by atoms with Crippen LogP contribution >= 0.6 is 0 Å². The highest BCUT2D eigenvalue weighted by Gasteiger charge is 2.17. The van der Waals surface area contributed by atoms with Crippen LogP contribution in [0.2, 0.25) is 0 Å². The summed E-state index contributed by atoms with van der Waals surface area (Å²) in [5.41, 5.74) is 3.17. The zero-order valence-electron chi connectivity index (χ0n) is 19.7. The maximum atomic E-state index is 13.0. The molecule has 2 amide bonds. The van der Waals surface area contributed by atoms with Crippen LogP contribution in [0.1, 0.15) is 26.5 Å². The van der Waals surface area contributed by atoms with Gasteiger partial charge in [-0.2, -0.15) is 5.10 Å². The Morgan fingerprint density at radius 3 is 2.44 bits per heavy atom. The molecule has 3 aromatic carbocycles. The van der Waals surface area contributed by atoms with Crippen LogP contribution in [0.5, 0.6) is 5.75 Å². The third kappa shape index (κ3) is 4.54. The molecule has 0 saturated heterocycles. The number of methoxy groups -OCH3 is 1. The van der Waals surface area contributed by atoms with Crippen LogP contribution in [-0.4, -0.2) is 40.9 Å². The highest BCUT2D eigenvalue weighted by molar-refractivity contribution is 6.07. The first-order valence-electron chi connectivity index (χ1n) is 11.2. The number of fused-ring (bicyclic) bond motifs is 1. The Morgan fingerprint density at radius 2 is 1.75 bits per heavy atom. The van der Waals surface area contributed by atoms with Gasteiger partial charge in [-0.1, -0.05) is 29.4 Å². The summed E-state index contributed by atoms with van der Waals surface area (Å²) >= 11 is 0. The standard InChI is InChI=1S/C27H23N5O4/c1-31(20-11-13-21(35-2)14-12-20)27(34)19-9-7-18(8-10-19)17-32-23-6-4-3-5-22(23)25(30-32)29-26(33)24-15-16-28-36-24/h3-16H,17H2,1-2H3,(H,29,30,33). The topological polar surface area (TPSA) is 102 Å². The molecule has 5 aromatic rings. The van der Waals surface area contributed by atoms with Gasteiger partial charge in [0.2, 0.25) is 5.76 Å². The Balaban J connectivity index is 1.34. The van der Waals surface area contributed by atoms with Crippen molar-refractivity contribution in [1.82, 2.24) is 14.9 Å². The molecule has 0 radical (unpaired) electrons. The van der Waals surface area contributed by atoms with Crippen LogP contribution in [0.3, 0.4) is 0 Å². The molecule has 0 aliphatic carbocycles. The van der Waals surface area contributed by atoms with Gasteiger partial charge in [0.1, 0.15) is 5.75 Å². The van der Waals surface area contributed by atoms with E-state index >= 15 is 0 Å². The van der Waals surface area contributed by atoms with Gasteiger partial charge in [-0.3, -0.25) is 14.3 Å². The monoisotopic (exact) mass is 481 g/mol. The largest absolute Gasteiger partial charge is 0.497 e. The quantitative estimate of drug-likeness (QED) is 0.364. The molecule has 9 heteroatoms. The highest BCUT2D eigenvalue weighted by atomic mass is 16.5. The molecule has 1 N–H and O–H groups in total. The van der Waals surface area contributed by atoms with Gasteiger partial charge in [0, 0.05) is 29.8 Å². The summed E-state index contributed by atoms with van der Waals surface area (Å²) in [5.74, 6) is 0.727. The van der Waals surface area contributed by atoms with Gasteiger partial charge in [-0.05, 0) is 54.1 Å². The van der Waals surface area contributed by atoms with Crippen molar-refractivity contribution in [2.75, 3.05) is 24.4 Å². The third-order valence-electron chi connectivity index (χ3n) is 5.85. The number of rotatable bonds is 7. The van der Waals surface area contributed by atoms with E-state index in [1.807, 2.05) is 65.3 Å². The lowest BCUT2D eigenvalue weighted by atomic mass is 10.1. The maximum Gasteiger partial charge on any atom is 0.295 e. The molecule has 0 atom stereocenters. The second kappa shape index (κ2) is 9.75. The summed E-state index contributed by atoms with van der Waals surface area (Å²) in [6.07, 6.45) is 1.41. The summed E-state index contributed by atoms with van der Waals surface area (Å²) in [7, 11) is 3.34. The Bertz CT molecular complexity index is 1510. The number of aromatic nitrogens is 3. The Morgan fingerprint density at radius 1 is 1.00 bits per heavy atom. The Kier molecular flexibility index (Phi) is 6.19. The number of para-hydroxylation sites is 1. The Hall–Kier alpha value is -4.92. The number of hydrogen-bond donors (Lipinski definition) is 1. The smallest absolute Gasteiger partial charge is 0.295 e. The molecule has 0 spiro atoms. The summed E-state index contributed by atoms with van der Waals surface area (Å²) in [6.45, 7) is 0.460. The van der Waals surface area contributed by atoms with Gasteiger partial charge in [0.15, 0.2) is 5.82 Å². The minimum atomic E-state index is -0.424. The van der Waals surface area contributed by atoms with Crippen molar-refractivity contribution in [2.24, 2.45) is 0 Å². The third-order valence-corrected chi connectivity index (χ3v) is 5.85. The molecular weight excluding hydrogens is 458 g/mol. The van der Waals surface area contributed by atoms with Crippen molar-refractivity contribution >= 4 is 34.2 Å². The van der Waals surface area contributed by atoms with Gasteiger partial charge in [-0.25, -0.2) is 0 Å². The zero-order chi connectivity index (χ0) is 25.1. The van der Waals surface area contributed by atoms with Gasteiger partial charge in [-0.15, -0.1) is 0 Å².